The highest BCUT2D eigenvalue weighted by atomic mass is 16.8. The van der Waals surface area contributed by atoms with Crippen molar-refractivity contribution in [1.82, 2.24) is 15.0 Å². The lowest BCUT2D eigenvalue weighted by Crippen LogP contribution is -2.40. The third-order valence-corrected chi connectivity index (χ3v) is 8.22. The van der Waals surface area contributed by atoms with Gasteiger partial charge in [0.05, 0.1) is 37.6 Å². The van der Waals surface area contributed by atoms with Gasteiger partial charge in [-0.05, 0) is 52.0 Å². The molecule has 0 bridgehead atoms. The van der Waals surface area contributed by atoms with Crippen LogP contribution in [0, 0.1) is 18.8 Å². The fourth-order valence-corrected chi connectivity index (χ4v) is 6.24. The van der Waals surface area contributed by atoms with Gasteiger partial charge in [0.2, 0.25) is 11.8 Å². The zero-order valence-corrected chi connectivity index (χ0v) is 22.2. The van der Waals surface area contributed by atoms with Crippen LogP contribution in [0.5, 0.6) is 11.8 Å². The summed E-state index contributed by atoms with van der Waals surface area (Å²) >= 11 is 0. The lowest BCUT2D eigenvalue weighted by molar-refractivity contribution is -0.157. The number of pyridine rings is 1. The van der Waals surface area contributed by atoms with E-state index in [1.807, 2.05) is 26.8 Å². The Hall–Kier alpha value is -3.15. The molecule has 202 valence electrons. The van der Waals surface area contributed by atoms with E-state index in [2.05, 4.69) is 15.6 Å². The van der Waals surface area contributed by atoms with Gasteiger partial charge >= 0.3 is 0 Å². The molecular formula is C27H33N5O6. The van der Waals surface area contributed by atoms with Crippen molar-refractivity contribution >= 4 is 22.7 Å². The highest BCUT2D eigenvalue weighted by Crippen LogP contribution is 2.65. The van der Waals surface area contributed by atoms with Crippen molar-refractivity contribution in [1.29, 1.82) is 0 Å². The molecule has 11 nitrogen and oxygen atoms in total. The first-order chi connectivity index (χ1) is 18.2. The Morgan fingerprint density at radius 3 is 2.68 bits per heavy atom. The van der Waals surface area contributed by atoms with Crippen LogP contribution in [0.4, 0.5) is 11.8 Å². The van der Waals surface area contributed by atoms with Gasteiger partial charge in [-0.3, -0.25) is 0 Å². The van der Waals surface area contributed by atoms with Crippen molar-refractivity contribution < 1.29 is 28.5 Å². The molecule has 3 aliphatic carbocycles. The Morgan fingerprint density at radius 1 is 1.13 bits per heavy atom. The van der Waals surface area contributed by atoms with Crippen LogP contribution in [0.25, 0.3) is 22.3 Å². The number of nitrogens with one attached hydrogen (secondary N) is 2. The third kappa shape index (κ3) is 3.63. The second-order valence-corrected chi connectivity index (χ2v) is 11.3. The van der Waals surface area contributed by atoms with Crippen molar-refractivity contribution in [3.8, 4) is 23.1 Å². The number of furan rings is 1. The number of aliphatic hydroxyl groups excluding tert-OH is 1. The Balaban J connectivity index is 1.29. The van der Waals surface area contributed by atoms with Crippen LogP contribution in [0.2, 0.25) is 0 Å². The Bertz CT molecular complexity index is 1420. The van der Waals surface area contributed by atoms with Crippen LogP contribution < -0.4 is 20.1 Å². The number of fused-ring (bicyclic) bond motifs is 1. The van der Waals surface area contributed by atoms with Crippen LogP contribution >= 0.6 is 0 Å². The van der Waals surface area contributed by atoms with Crippen molar-refractivity contribution in [3.63, 3.8) is 0 Å². The van der Waals surface area contributed by atoms with E-state index in [1.165, 1.54) is 12.8 Å². The molecule has 5 unspecified atom stereocenters. The quantitative estimate of drug-likeness (QED) is 0.401. The molecule has 1 saturated heterocycles. The van der Waals surface area contributed by atoms with Gasteiger partial charge < -0.3 is 39.1 Å². The number of methoxy groups -OCH3 is 2. The number of rotatable bonds is 8. The topological polar surface area (TPSA) is 133 Å². The molecule has 4 fully saturated rings. The summed E-state index contributed by atoms with van der Waals surface area (Å²) in [5.74, 6) is 2.51. The minimum atomic E-state index is -0.760. The van der Waals surface area contributed by atoms with Gasteiger partial charge in [0.25, 0.3) is 5.88 Å². The first-order valence-electron chi connectivity index (χ1n) is 13.2. The Labute approximate surface area is 220 Å². The molecule has 0 aromatic carbocycles. The van der Waals surface area contributed by atoms with E-state index in [0.717, 1.165) is 23.2 Å². The number of nitrogens with zero attached hydrogens (tertiary/aromatic N) is 3. The maximum Gasteiger partial charge on any atom is 0.261 e. The first-order valence-corrected chi connectivity index (χ1v) is 13.2. The van der Waals surface area contributed by atoms with E-state index < -0.39 is 17.5 Å². The van der Waals surface area contributed by atoms with E-state index in [1.54, 1.807) is 20.3 Å². The minimum Gasteiger partial charge on any atom is -0.481 e. The first kappa shape index (κ1) is 23.9. The molecule has 5 atom stereocenters. The molecule has 3 aromatic rings. The van der Waals surface area contributed by atoms with Gasteiger partial charge in [-0.2, -0.15) is 9.97 Å². The predicted octanol–water partition coefficient (Wildman–Crippen LogP) is 3.50. The van der Waals surface area contributed by atoms with Gasteiger partial charge in [-0.1, -0.05) is 0 Å². The van der Waals surface area contributed by atoms with Crippen LogP contribution in [0.15, 0.2) is 16.5 Å². The molecule has 11 heteroatoms. The predicted molar refractivity (Wildman–Crippen MR) is 138 cm³/mol. The number of ether oxygens (including phenoxy) is 4. The van der Waals surface area contributed by atoms with Gasteiger partial charge in [-0.15, -0.1) is 0 Å². The summed E-state index contributed by atoms with van der Waals surface area (Å²) in [5, 5.41) is 18.5. The molecule has 3 aromatic heterocycles. The third-order valence-electron chi connectivity index (χ3n) is 8.22. The molecule has 4 aliphatic rings. The fraction of sp³-hybridized carbons (Fsp3) is 0.593. The van der Waals surface area contributed by atoms with Crippen molar-refractivity contribution in [2.75, 3.05) is 31.4 Å². The maximum atomic E-state index is 10.6. The molecule has 1 aliphatic heterocycles. The second kappa shape index (κ2) is 8.17. The standard InChI is InChI=1S/C27H33N5O6/c1-12-19(17-8-14-9-18(34-4)31-24(35-5)20(14)36-17)23(32-25(29-12)28-11-13-6-7-13)30-16-10-15-21(33)27(15)22(16)37-26(2,3)38-27/h8-9,13,15-16,21-22,33H,6-7,10-11H2,1-5H3,(H2,28,29,30,32). The van der Waals surface area contributed by atoms with Gasteiger partial charge in [0.1, 0.15) is 23.3 Å². The number of aryl methyl sites for hydroxylation is 1. The highest BCUT2D eigenvalue weighted by Gasteiger charge is 2.81. The maximum absolute atomic E-state index is 10.6. The molecule has 1 spiro atoms. The largest absolute Gasteiger partial charge is 0.481 e. The summed E-state index contributed by atoms with van der Waals surface area (Å²) in [6.45, 7) is 6.58. The Kier molecular flexibility index (Phi) is 5.15. The zero-order valence-electron chi connectivity index (χ0n) is 22.2. The van der Waals surface area contributed by atoms with Crippen molar-refractivity contribution in [2.24, 2.45) is 11.8 Å². The SMILES string of the molecule is COc1cc2cc(-c3c(C)nc(NCC4CC4)nc3NC3CC4C(O)C45OC(C)(C)OC35)oc2c(OC)n1. The van der Waals surface area contributed by atoms with E-state index in [-0.39, 0.29) is 18.1 Å². The average molecular weight is 524 g/mol. The summed E-state index contributed by atoms with van der Waals surface area (Å²) in [4.78, 5) is 14.0. The summed E-state index contributed by atoms with van der Waals surface area (Å²) in [5.41, 5.74) is 1.36. The molecule has 7 rings (SSSR count). The molecule has 38 heavy (non-hydrogen) atoms. The lowest BCUT2D eigenvalue weighted by Gasteiger charge is -2.26. The summed E-state index contributed by atoms with van der Waals surface area (Å²) in [6.07, 6.45) is 2.36. The van der Waals surface area contributed by atoms with Crippen molar-refractivity contribution in [2.45, 2.75) is 69.7 Å². The second-order valence-electron chi connectivity index (χ2n) is 11.3. The van der Waals surface area contributed by atoms with Crippen LogP contribution in [-0.2, 0) is 9.47 Å². The number of aliphatic hydroxyl groups is 1. The zero-order chi connectivity index (χ0) is 26.4. The number of hydrogen-bond acceptors (Lipinski definition) is 11. The van der Waals surface area contributed by atoms with Gasteiger partial charge in [0.15, 0.2) is 11.4 Å². The van der Waals surface area contributed by atoms with E-state index in [9.17, 15) is 5.11 Å². The molecule has 4 heterocycles. The van der Waals surface area contributed by atoms with E-state index >= 15 is 0 Å². The monoisotopic (exact) mass is 523 g/mol. The Morgan fingerprint density at radius 2 is 1.95 bits per heavy atom. The normalized spacial score (nSPS) is 30.7. The summed E-state index contributed by atoms with van der Waals surface area (Å²) in [6, 6.07) is 3.63. The molecule has 3 N–H and O–H groups in total. The minimum absolute atomic E-state index is 0.0274. The van der Waals surface area contributed by atoms with Gasteiger partial charge in [0, 0.05) is 23.9 Å². The van der Waals surface area contributed by atoms with E-state index in [0.29, 0.717) is 47.2 Å². The molecule has 3 saturated carbocycles. The van der Waals surface area contributed by atoms with Crippen LogP contribution in [0.1, 0.15) is 38.8 Å². The average Bonchev–Trinajstić information content (AvgIpc) is 3.65. The number of anilines is 2. The highest BCUT2D eigenvalue weighted by molar-refractivity contribution is 5.89. The van der Waals surface area contributed by atoms with Crippen LogP contribution in [-0.4, -0.2) is 70.5 Å². The molecule has 0 radical (unpaired) electrons. The van der Waals surface area contributed by atoms with E-state index in [4.69, 9.17) is 33.3 Å². The summed E-state index contributed by atoms with van der Waals surface area (Å²) in [7, 11) is 3.11. The van der Waals surface area contributed by atoms with Gasteiger partial charge in [-0.25, -0.2) is 4.98 Å². The molecule has 0 amide bonds. The number of hydrogen-bond donors (Lipinski definition) is 3. The smallest absolute Gasteiger partial charge is 0.261 e. The summed E-state index contributed by atoms with van der Waals surface area (Å²) < 4.78 is 29.6. The fourth-order valence-electron chi connectivity index (χ4n) is 6.24. The lowest BCUT2D eigenvalue weighted by atomic mass is 10.1. The van der Waals surface area contributed by atoms with Crippen molar-refractivity contribution in [3.05, 3.63) is 17.8 Å². The number of aromatic nitrogens is 3. The van der Waals surface area contributed by atoms with Crippen LogP contribution in [0.3, 0.4) is 0 Å². The molecular weight excluding hydrogens is 490 g/mol.